The van der Waals surface area contributed by atoms with Crippen molar-refractivity contribution in [3.63, 3.8) is 0 Å². The number of hydrogen-bond donors (Lipinski definition) is 2. The van der Waals surface area contributed by atoms with E-state index in [-0.39, 0.29) is 11.5 Å². The van der Waals surface area contributed by atoms with Crippen LogP contribution in [-0.4, -0.2) is 54.2 Å². The van der Waals surface area contributed by atoms with E-state index in [4.69, 9.17) is 9.47 Å². The molecular weight excluding hydrogens is 354 g/mol. The van der Waals surface area contributed by atoms with E-state index in [9.17, 15) is 4.79 Å². The van der Waals surface area contributed by atoms with Crippen LogP contribution < -0.4 is 10.1 Å². The van der Waals surface area contributed by atoms with Crippen molar-refractivity contribution in [2.45, 2.75) is 44.9 Å². The largest absolute Gasteiger partial charge is 0.497 e. The van der Waals surface area contributed by atoms with Gasteiger partial charge < -0.3 is 19.8 Å². The summed E-state index contributed by atoms with van der Waals surface area (Å²) in [5.41, 5.74) is 3.72. The quantitative estimate of drug-likeness (QED) is 0.833. The number of rotatable bonds is 5. The summed E-state index contributed by atoms with van der Waals surface area (Å²) in [5, 5.41) is 4.26. The van der Waals surface area contributed by atoms with Gasteiger partial charge in [-0.25, -0.2) is 0 Å². The molecule has 2 bridgehead atoms. The molecule has 1 spiro atoms. The highest BCUT2D eigenvalue weighted by molar-refractivity contribution is 5.85. The van der Waals surface area contributed by atoms with Crippen molar-refractivity contribution in [1.29, 1.82) is 0 Å². The molecular formula is C22H29N3O3. The molecule has 5 rings (SSSR count). The SMILES string of the molecule is COc1ccc2[nH]c(CN3C[C@@H]4[C@H](CNC(C)=O)[C@H]5CC[C@]4(C3)O5)c(C)c2c1. The maximum absolute atomic E-state index is 11.4. The number of aromatic nitrogens is 1. The van der Waals surface area contributed by atoms with Gasteiger partial charge in [-0.3, -0.25) is 9.69 Å². The molecule has 3 aliphatic rings. The third-order valence-corrected chi connectivity index (χ3v) is 7.19. The van der Waals surface area contributed by atoms with Gasteiger partial charge in [0.05, 0.1) is 18.8 Å². The first-order chi connectivity index (χ1) is 13.5. The third-order valence-electron chi connectivity index (χ3n) is 7.19. The van der Waals surface area contributed by atoms with Gasteiger partial charge in [-0.2, -0.15) is 0 Å². The molecule has 0 aliphatic carbocycles. The number of fused-ring (bicyclic) bond motifs is 2. The number of ether oxygens (including phenoxy) is 2. The van der Waals surface area contributed by atoms with Crippen molar-refractivity contribution in [2.75, 3.05) is 26.7 Å². The Balaban J connectivity index is 1.35. The highest BCUT2D eigenvalue weighted by Crippen LogP contribution is 2.54. The predicted molar refractivity (Wildman–Crippen MR) is 107 cm³/mol. The molecule has 2 aromatic rings. The summed E-state index contributed by atoms with van der Waals surface area (Å²) in [6.07, 6.45) is 2.60. The number of aromatic amines is 1. The topological polar surface area (TPSA) is 66.6 Å². The van der Waals surface area contributed by atoms with E-state index < -0.39 is 0 Å². The molecule has 28 heavy (non-hydrogen) atoms. The first-order valence-corrected chi connectivity index (χ1v) is 10.3. The van der Waals surface area contributed by atoms with Crippen molar-refractivity contribution < 1.29 is 14.3 Å². The number of carbonyl (C=O) groups excluding carboxylic acids is 1. The highest BCUT2D eigenvalue weighted by atomic mass is 16.5. The molecule has 1 aromatic heterocycles. The van der Waals surface area contributed by atoms with Gasteiger partial charge in [-0.1, -0.05) is 0 Å². The summed E-state index contributed by atoms with van der Waals surface area (Å²) in [6, 6.07) is 6.20. The van der Waals surface area contributed by atoms with E-state index in [1.807, 2.05) is 6.07 Å². The monoisotopic (exact) mass is 383 g/mol. The zero-order chi connectivity index (χ0) is 19.5. The minimum atomic E-state index is -0.00303. The van der Waals surface area contributed by atoms with E-state index in [1.54, 1.807) is 14.0 Å². The molecule has 3 aliphatic heterocycles. The van der Waals surface area contributed by atoms with Crippen LogP contribution in [0.3, 0.4) is 0 Å². The fourth-order valence-corrected chi connectivity index (χ4v) is 5.81. The molecule has 1 aromatic carbocycles. The number of nitrogens with zero attached hydrogens (tertiary/aromatic N) is 1. The Labute approximate surface area is 165 Å². The van der Waals surface area contributed by atoms with Crippen LogP contribution in [0.25, 0.3) is 10.9 Å². The zero-order valence-corrected chi connectivity index (χ0v) is 16.9. The Bertz CT molecular complexity index is 923. The van der Waals surface area contributed by atoms with Crippen molar-refractivity contribution in [1.82, 2.24) is 15.2 Å². The van der Waals surface area contributed by atoms with Gasteiger partial charge in [-0.05, 0) is 43.5 Å². The van der Waals surface area contributed by atoms with Crippen LogP contribution in [0.4, 0.5) is 0 Å². The lowest BCUT2D eigenvalue weighted by Gasteiger charge is -2.29. The van der Waals surface area contributed by atoms with E-state index in [2.05, 4.69) is 34.3 Å². The maximum atomic E-state index is 11.4. The summed E-state index contributed by atoms with van der Waals surface area (Å²) in [5.74, 6) is 1.90. The Morgan fingerprint density at radius 3 is 3.11 bits per heavy atom. The van der Waals surface area contributed by atoms with Gasteiger partial charge in [-0.15, -0.1) is 0 Å². The summed E-state index contributed by atoms with van der Waals surface area (Å²) in [4.78, 5) is 17.5. The maximum Gasteiger partial charge on any atom is 0.216 e. The van der Waals surface area contributed by atoms with Crippen LogP contribution in [0.15, 0.2) is 18.2 Å². The fourth-order valence-electron chi connectivity index (χ4n) is 5.81. The van der Waals surface area contributed by atoms with Gasteiger partial charge in [0.2, 0.25) is 5.91 Å². The van der Waals surface area contributed by atoms with Gasteiger partial charge in [0, 0.05) is 61.5 Å². The molecule has 0 saturated carbocycles. The number of nitrogens with one attached hydrogen (secondary N) is 2. The van der Waals surface area contributed by atoms with Crippen LogP contribution in [-0.2, 0) is 16.1 Å². The molecule has 6 heteroatoms. The Morgan fingerprint density at radius 1 is 1.46 bits per heavy atom. The lowest BCUT2D eigenvalue weighted by atomic mass is 9.73. The number of aryl methyl sites for hydroxylation is 1. The number of hydrogen-bond acceptors (Lipinski definition) is 4. The Morgan fingerprint density at radius 2 is 2.32 bits per heavy atom. The van der Waals surface area contributed by atoms with Crippen molar-refractivity contribution in [3.05, 3.63) is 29.5 Å². The van der Waals surface area contributed by atoms with E-state index in [1.165, 1.54) is 16.6 Å². The normalized spacial score (nSPS) is 31.5. The van der Waals surface area contributed by atoms with E-state index in [0.717, 1.165) is 50.3 Å². The Kier molecular flexibility index (Phi) is 4.18. The van der Waals surface area contributed by atoms with Gasteiger partial charge in [0.1, 0.15) is 5.75 Å². The Hall–Kier alpha value is -2.05. The van der Waals surface area contributed by atoms with Crippen LogP contribution in [0.2, 0.25) is 0 Å². The minimum absolute atomic E-state index is 0.00303. The standard InChI is InChI=1S/C22H29N3O3/c1-13-16-8-15(27-3)4-5-19(16)24-20(13)11-25-10-18-17(9-23-14(2)26)21-6-7-22(18,12-25)28-21/h4-5,8,17-18,21,24H,6-7,9-12H2,1-3H3,(H,23,26)/t17-,18+,21+,22+/m0/s1. The number of methoxy groups -OCH3 is 1. The van der Waals surface area contributed by atoms with Crippen molar-refractivity contribution in [2.24, 2.45) is 11.8 Å². The van der Waals surface area contributed by atoms with Crippen LogP contribution in [0, 0.1) is 18.8 Å². The number of H-pyrrole nitrogens is 1. The third kappa shape index (κ3) is 2.73. The first kappa shape index (κ1) is 18.0. The van der Waals surface area contributed by atoms with Gasteiger partial charge in [0.15, 0.2) is 0 Å². The molecule has 1 amide bonds. The summed E-state index contributed by atoms with van der Waals surface area (Å²) < 4.78 is 11.9. The van der Waals surface area contributed by atoms with E-state index in [0.29, 0.717) is 17.9 Å². The average molecular weight is 383 g/mol. The average Bonchev–Trinajstić information content (AvgIpc) is 3.39. The summed E-state index contributed by atoms with van der Waals surface area (Å²) in [7, 11) is 1.71. The lowest BCUT2D eigenvalue weighted by Crippen LogP contribution is -2.41. The van der Waals surface area contributed by atoms with Crippen molar-refractivity contribution >= 4 is 16.8 Å². The van der Waals surface area contributed by atoms with Gasteiger partial charge >= 0.3 is 0 Å². The molecule has 6 nitrogen and oxygen atoms in total. The lowest BCUT2D eigenvalue weighted by molar-refractivity contribution is -0.119. The highest BCUT2D eigenvalue weighted by Gasteiger charge is 2.62. The smallest absolute Gasteiger partial charge is 0.216 e. The van der Waals surface area contributed by atoms with Gasteiger partial charge in [0.25, 0.3) is 0 Å². The molecule has 150 valence electrons. The molecule has 0 radical (unpaired) electrons. The molecule has 3 saturated heterocycles. The van der Waals surface area contributed by atoms with Crippen molar-refractivity contribution in [3.8, 4) is 5.75 Å². The minimum Gasteiger partial charge on any atom is -0.497 e. The number of benzene rings is 1. The van der Waals surface area contributed by atoms with Crippen LogP contribution in [0.5, 0.6) is 5.75 Å². The predicted octanol–water partition coefficient (Wildman–Crippen LogP) is 2.60. The summed E-state index contributed by atoms with van der Waals surface area (Å²) in [6.45, 7) is 7.46. The second kappa shape index (κ2) is 6.49. The second-order valence-corrected chi connectivity index (χ2v) is 8.78. The van der Waals surface area contributed by atoms with E-state index >= 15 is 0 Å². The second-order valence-electron chi connectivity index (χ2n) is 8.78. The molecule has 3 fully saturated rings. The molecule has 2 N–H and O–H groups in total. The zero-order valence-electron chi connectivity index (χ0n) is 16.9. The summed E-state index contributed by atoms with van der Waals surface area (Å²) >= 11 is 0. The number of carbonyl (C=O) groups is 1. The molecule has 4 atom stereocenters. The van der Waals surface area contributed by atoms with Crippen LogP contribution in [0.1, 0.15) is 31.0 Å². The first-order valence-electron chi connectivity index (χ1n) is 10.3. The fraction of sp³-hybridized carbons (Fsp3) is 0.591. The molecule has 4 heterocycles. The molecule has 0 unspecified atom stereocenters. The van der Waals surface area contributed by atoms with Crippen LogP contribution >= 0.6 is 0 Å². The number of amides is 1. The number of likely N-dealkylation sites (tertiary alicyclic amines) is 1.